The number of aromatic nitrogens is 4. The van der Waals surface area contributed by atoms with Crippen LogP contribution in [0.4, 0.5) is 11.4 Å². The Hall–Kier alpha value is -3.49. The summed E-state index contributed by atoms with van der Waals surface area (Å²) in [6.45, 7) is 1.44. The first-order valence-corrected chi connectivity index (χ1v) is 7.98. The average Bonchev–Trinajstić information content (AvgIpc) is 3.03. The Morgan fingerprint density at radius 1 is 1.04 bits per heavy atom. The van der Waals surface area contributed by atoms with Crippen LogP contribution in [-0.2, 0) is 16.0 Å². The molecule has 2 N–H and O–H groups in total. The van der Waals surface area contributed by atoms with Gasteiger partial charge in [-0.15, -0.1) is 15.3 Å². The van der Waals surface area contributed by atoms with Crippen LogP contribution in [0.2, 0.25) is 0 Å². The molecule has 134 valence electrons. The third-order valence-electron chi connectivity index (χ3n) is 3.58. The molecule has 3 aromatic rings. The Morgan fingerprint density at radius 2 is 1.73 bits per heavy atom. The normalized spacial score (nSPS) is 10.5. The van der Waals surface area contributed by atoms with Crippen LogP contribution in [0.1, 0.15) is 19.2 Å². The number of nitrogens with zero attached hydrogens (tertiary/aromatic N) is 4. The van der Waals surface area contributed by atoms with E-state index in [0.717, 1.165) is 0 Å². The molecule has 0 saturated heterocycles. The third-order valence-corrected chi connectivity index (χ3v) is 3.58. The maximum absolute atomic E-state index is 12.1. The highest BCUT2D eigenvalue weighted by Crippen LogP contribution is 2.14. The van der Waals surface area contributed by atoms with E-state index < -0.39 is 0 Å². The van der Waals surface area contributed by atoms with Crippen molar-refractivity contribution in [3.63, 3.8) is 0 Å². The van der Waals surface area contributed by atoms with E-state index in [9.17, 15) is 9.59 Å². The number of carbonyl (C=O) groups excluding carboxylic acids is 2. The van der Waals surface area contributed by atoms with Crippen molar-refractivity contribution in [1.29, 1.82) is 0 Å². The lowest BCUT2D eigenvalue weighted by Crippen LogP contribution is -2.13. The molecular weight excluding hydrogens is 336 g/mol. The molecule has 0 unspecified atom stereocenters. The molecule has 2 heterocycles. The molecule has 3 rings (SSSR count). The number of ether oxygens (including phenoxy) is 1. The van der Waals surface area contributed by atoms with Gasteiger partial charge in [0.2, 0.25) is 17.7 Å². The lowest BCUT2D eigenvalue weighted by molar-refractivity contribution is -0.116. The van der Waals surface area contributed by atoms with E-state index in [1.54, 1.807) is 40.9 Å². The van der Waals surface area contributed by atoms with Gasteiger partial charge in [-0.2, -0.15) is 4.52 Å². The van der Waals surface area contributed by atoms with Crippen LogP contribution in [0.15, 0.2) is 36.4 Å². The van der Waals surface area contributed by atoms with Gasteiger partial charge in [0, 0.05) is 37.2 Å². The topological polar surface area (TPSA) is 111 Å². The van der Waals surface area contributed by atoms with Gasteiger partial charge in [-0.1, -0.05) is 0 Å². The van der Waals surface area contributed by atoms with Crippen LogP contribution in [0, 0.1) is 0 Å². The van der Waals surface area contributed by atoms with Crippen LogP contribution in [0.25, 0.3) is 5.65 Å². The highest BCUT2D eigenvalue weighted by molar-refractivity contribution is 5.92. The van der Waals surface area contributed by atoms with Gasteiger partial charge >= 0.3 is 0 Å². The highest BCUT2D eigenvalue weighted by Gasteiger charge is 2.11. The minimum Gasteiger partial charge on any atom is -0.480 e. The van der Waals surface area contributed by atoms with Crippen molar-refractivity contribution in [2.75, 3.05) is 17.7 Å². The number of hydrogen-bond acceptors (Lipinski definition) is 6. The molecule has 1 aromatic carbocycles. The van der Waals surface area contributed by atoms with Gasteiger partial charge < -0.3 is 15.4 Å². The number of methoxy groups -OCH3 is 1. The molecule has 0 aliphatic carbocycles. The molecule has 0 atom stereocenters. The molecule has 0 saturated carbocycles. The SMILES string of the molecule is COc1ccc2nnc(CCC(=O)Nc3ccc(NC(C)=O)cc3)n2n1. The van der Waals surface area contributed by atoms with Crippen LogP contribution in [-0.4, -0.2) is 38.7 Å². The van der Waals surface area contributed by atoms with E-state index in [1.807, 2.05) is 0 Å². The van der Waals surface area contributed by atoms with Crippen LogP contribution in [0.5, 0.6) is 5.88 Å². The van der Waals surface area contributed by atoms with E-state index in [2.05, 4.69) is 25.9 Å². The lowest BCUT2D eigenvalue weighted by atomic mass is 10.2. The molecule has 0 radical (unpaired) electrons. The Bertz CT molecular complexity index is 935. The van der Waals surface area contributed by atoms with Crippen LogP contribution in [0.3, 0.4) is 0 Å². The van der Waals surface area contributed by atoms with E-state index in [4.69, 9.17) is 4.74 Å². The molecule has 26 heavy (non-hydrogen) atoms. The van der Waals surface area contributed by atoms with E-state index >= 15 is 0 Å². The Labute approximate surface area is 149 Å². The summed E-state index contributed by atoms with van der Waals surface area (Å²) < 4.78 is 6.66. The van der Waals surface area contributed by atoms with E-state index in [1.165, 1.54) is 14.0 Å². The minimum absolute atomic E-state index is 0.146. The Morgan fingerprint density at radius 3 is 2.38 bits per heavy atom. The number of benzene rings is 1. The molecule has 0 bridgehead atoms. The summed E-state index contributed by atoms with van der Waals surface area (Å²) in [6, 6.07) is 10.3. The summed E-state index contributed by atoms with van der Waals surface area (Å²) in [6.07, 6.45) is 0.615. The highest BCUT2D eigenvalue weighted by atomic mass is 16.5. The zero-order valence-corrected chi connectivity index (χ0v) is 14.4. The maximum atomic E-state index is 12.1. The Kier molecular flexibility index (Phi) is 5.07. The summed E-state index contributed by atoms with van der Waals surface area (Å²) >= 11 is 0. The van der Waals surface area contributed by atoms with Crippen molar-refractivity contribution in [3.05, 3.63) is 42.2 Å². The van der Waals surface area contributed by atoms with Gasteiger partial charge in [-0.25, -0.2) is 0 Å². The number of carbonyl (C=O) groups is 2. The van der Waals surface area contributed by atoms with Crippen molar-refractivity contribution < 1.29 is 14.3 Å². The largest absolute Gasteiger partial charge is 0.480 e. The molecule has 0 aliphatic heterocycles. The van der Waals surface area contributed by atoms with Gasteiger partial charge in [0.15, 0.2) is 11.5 Å². The van der Waals surface area contributed by atoms with Gasteiger partial charge in [-0.05, 0) is 30.3 Å². The fraction of sp³-hybridized carbons (Fsp3) is 0.235. The smallest absolute Gasteiger partial charge is 0.231 e. The first-order chi connectivity index (χ1) is 12.5. The fourth-order valence-corrected chi connectivity index (χ4v) is 2.37. The van der Waals surface area contributed by atoms with Crippen molar-refractivity contribution in [3.8, 4) is 5.88 Å². The molecule has 0 fully saturated rings. The number of aryl methyl sites for hydroxylation is 1. The summed E-state index contributed by atoms with van der Waals surface area (Å²) in [5, 5.41) is 17.8. The van der Waals surface area contributed by atoms with E-state index in [0.29, 0.717) is 35.1 Å². The monoisotopic (exact) mass is 354 g/mol. The molecular formula is C17H18N6O3. The number of fused-ring (bicyclic) bond motifs is 1. The van der Waals surface area contributed by atoms with Gasteiger partial charge in [-0.3, -0.25) is 9.59 Å². The second-order valence-electron chi connectivity index (χ2n) is 5.57. The average molecular weight is 354 g/mol. The second kappa shape index (κ2) is 7.60. The van der Waals surface area contributed by atoms with Crippen molar-refractivity contribution in [2.24, 2.45) is 0 Å². The van der Waals surface area contributed by atoms with Gasteiger partial charge in [0.1, 0.15) is 0 Å². The number of amides is 2. The van der Waals surface area contributed by atoms with Gasteiger partial charge in [0.25, 0.3) is 0 Å². The predicted molar refractivity (Wildman–Crippen MR) is 95.0 cm³/mol. The number of nitrogens with one attached hydrogen (secondary N) is 2. The molecule has 0 aliphatic rings. The zero-order valence-electron chi connectivity index (χ0n) is 14.4. The molecule has 9 heteroatoms. The second-order valence-corrected chi connectivity index (χ2v) is 5.57. The standard InChI is InChI=1S/C17H18N6O3/c1-11(24)18-12-3-5-13(6-4-12)19-16(25)9-7-14-20-21-15-8-10-17(26-2)22-23(14)15/h3-6,8,10H,7,9H2,1-2H3,(H,18,24)(H,19,25). The molecule has 2 aromatic heterocycles. The van der Waals surface area contributed by atoms with Crippen molar-refractivity contribution in [1.82, 2.24) is 19.8 Å². The molecule has 9 nitrogen and oxygen atoms in total. The Balaban J connectivity index is 1.59. The summed E-state index contributed by atoms with van der Waals surface area (Å²) in [7, 11) is 1.53. The summed E-state index contributed by atoms with van der Waals surface area (Å²) in [4.78, 5) is 23.1. The molecule has 0 spiro atoms. The zero-order chi connectivity index (χ0) is 18.5. The summed E-state index contributed by atoms with van der Waals surface area (Å²) in [5.74, 6) is 0.724. The predicted octanol–water partition coefficient (Wildman–Crippen LogP) is 1.66. The maximum Gasteiger partial charge on any atom is 0.231 e. The quantitative estimate of drug-likeness (QED) is 0.696. The third kappa shape index (κ3) is 4.12. The lowest BCUT2D eigenvalue weighted by Gasteiger charge is -2.07. The number of rotatable bonds is 6. The van der Waals surface area contributed by atoms with Crippen LogP contribution < -0.4 is 15.4 Å². The number of anilines is 2. The first-order valence-electron chi connectivity index (χ1n) is 7.98. The minimum atomic E-state index is -0.156. The van der Waals surface area contributed by atoms with E-state index in [-0.39, 0.29) is 18.2 Å². The summed E-state index contributed by atoms with van der Waals surface area (Å²) in [5.41, 5.74) is 1.91. The van der Waals surface area contributed by atoms with Crippen molar-refractivity contribution in [2.45, 2.75) is 19.8 Å². The van der Waals surface area contributed by atoms with Crippen molar-refractivity contribution >= 4 is 28.8 Å². The fourth-order valence-electron chi connectivity index (χ4n) is 2.37. The first kappa shape index (κ1) is 17.3. The number of hydrogen-bond donors (Lipinski definition) is 2. The van der Waals surface area contributed by atoms with Crippen LogP contribution >= 0.6 is 0 Å². The van der Waals surface area contributed by atoms with Gasteiger partial charge in [0.05, 0.1) is 7.11 Å². The molecule has 2 amide bonds.